The predicted molar refractivity (Wildman–Crippen MR) is 131 cm³/mol. The second-order valence-corrected chi connectivity index (χ2v) is 9.70. The largest absolute Gasteiger partial charge is 0.493 e. The summed E-state index contributed by atoms with van der Waals surface area (Å²) in [5, 5.41) is 3.05. The highest BCUT2D eigenvalue weighted by Gasteiger charge is 2.34. The normalized spacial score (nSPS) is 19.6. The maximum Gasteiger partial charge on any atom is 0.255 e. The van der Waals surface area contributed by atoms with E-state index in [0.717, 1.165) is 12.8 Å². The van der Waals surface area contributed by atoms with Crippen molar-refractivity contribution in [2.24, 2.45) is 5.92 Å². The quantitative estimate of drug-likeness (QED) is 0.497. The SMILES string of the molecule is COCC(=O)N1C[C@@H](NC(=O)c2c(C)[nH]c3c(-c4cc(F)ccc4OCC4CC4)ncnc23)C[C@@H]1C. The average molecular weight is 496 g/mol. The fraction of sp³-hybridized carbons (Fsp3) is 0.462. The van der Waals surface area contributed by atoms with Crippen LogP contribution in [0.3, 0.4) is 0 Å². The standard InChI is InChI=1S/C26H30FN5O4/c1-14-8-18(10-32(14)21(33)12-35-3)31-26(34)22-15(2)30-25-23(28-13-29-24(22)25)19-9-17(27)6-7-20(19)36-11-16-4-5-16/h6-7,9,13-14,16,18,30H,4-5,8,10-12H2,1-3H3,(H,31,34)/t14-,18-/m0/s1. The molecule has 2 N–H and O–H groups in total. The van der Waals surface area contributed by atoms with Crippen molar-refractivity contribution in [3.05, 3.63) is 41.6 Å². The zero-order valence-electron chi connectivity index (χ0n) is 20.6. The lowest BCUT2D eigenvalue weighted by molar-refractivity contribution is -0.135. The molecule has 3 heterocycles. The number of halogens is 1. The van der Waals surface area contributed by atoms with Gasteiger partial charge in [-0.1, -0.05) is 0 Å². The minimum absolute atomic E-state index is 0.00187. The molecule has 0 unspecified atom stereocenters. The van der Waals surface area contributed by atoms with E-state index in [4.69, 9.17) is 9.47 Å². The first kappa shape index (κ1) is 24.2. The number of carbonyl (C=O) groups is 2. The predicted octanol–water partition coefficient (Wildman–Crippen LogP) is 3.23. The molecule has 1 aromatic carbocycles. The van der Waals surface area contributed by atoms with Crippen LogP contribution in [0.5, 0.6) is 5.75 Å². The maximum absolute atomic E-state index is 14.2. The van der Waals surface area contributed by atoms with Gasteiger partial charge in [-0.25, -0.2) is 14.4 Å². The van der Waals surface area contributed by atoms with Gasteiger partial charge in [-0.2, -0.15) is 0 Å². The summed E-state index contributed by atoms with van der Waals surface area (Å²) in [5.74, 6) is 0.292. The summed E-state index contributed by atoms with van der Waals surface area (Å²) in [6.07, 6.45) is 4.30. The van der Waals surface area contributed by atoms with Crippen LogP contribution in [-0.4, -0.2) is 70.6 Å². The lowest BCUT2D eigenvalue weighted by Crippen LogP contribution is -2.40. The molecule has 2 aliphatic rings. The number of aromatic amines is 1. The Morgan fingerprint density at radius 2 is 2.08 bits per heavy atom. The molecular weight excluding hydrogens is 465 g/mol. The van der Waals surface area contributed by atoms with E-state index in [0.29, 0.717) is 64.8 Å². The van der Waals surface area contributed by atoms with Crippen molar-refractivity contribution in [2.45, 2.75) is 45.2 Å². The van der Waals surface area contributed by atoms with Crippen molar-refractivity contribution >= 4 is 22.8 Å². The summed E-state index contributed by atoms with van der Waals surface area (Å²) in [7, 11) is 1.49. The average Bonchev–Trinajstić information content (AvgIpc) is 3.51. The number of hydrogen-bond donors (Lipinski definition) is 2. The summed E-state index contributed by atoms with van der Waals surface area (Å²) in [4.78, 5) is 39.4. The topological polar surface area (TPSA) is 109 Å². The number of nitrogens with one attached hydrogen (secondary N) is 2. The molecule has 1 aliphatic carbocycles. The molecule has 1 saturated heterocycles. The highest BCUT2D eigenvalue weighted by molar-refractivity contribution is 6.09. The number of methoxy groups -OCH3 is 1. The Hall–Kier alpha value is -3.53. The van der Waals surface area contributed by atoms with Gasteiger partial charge in [0.25, 0.3) is 5.91 Å². The maximum atomic E-state index is 14.2. The van der Waals surface area contributed by atoms with Gasteiger partial charge in [-0.05, 0) is 57.2 Å². The fourth-order valence-electron chi connectivity index (χ4n) is 4.86. The number of fused-ring (bicyclic) bond motifs is 1. The number of benzene rings is 1. The van der Waals surface area contributed by atoms with Crippen LogP contribution in [0, 0.1) is 18.7 Å². The van der Waals surface area contributed by atoms with Crippen LogP contribution in [0.4, 0.5) is 4.39 Å². The Morgan fingerprint density at radius 3 is 2.83 bits per heavy atom. The Labute approximate surface area is 208 Å². The van der Waals surface area contributed by atoms with E-state index in [2.05, 4.69) is 20.3 Å². The van der Waals surface area contributed by atoms with Gasteiger partial charge in [0.05, 0.1) is 17.7 Å². The molecule has 1 saturated carbocycles. The van der Waals surface area contributed by atoms with Crippen LogP contribution in [0.25, 0.3) is 22.3 Å². The summed E-state index contributed by atoms with van der Waals surface area (Å²) in [6.45, 7) is 4.76. The van der Waals surface area contributed by atoms with Crippen molar-refractivity contribution in [2.75, 3.05) is 26.9 Å². The summed E-state index contributed by atoms with van der Waals surface area (Å²) >= 11 is 0. The van der Waals surface area contributed by atoms with Crippen molar-refractivity contribution in [1.29, 1.82) is 0 Å². The second kappa shape index (κ2) is 9.85. The lowest BCUT2D eigenvalue weighted by Gasteiger charge is -2.20. The van der Waals surface area contributed by atoms with Crippen LogP contribution in [0.2, 0.25) is 0 Å². The van der Waals surface area contributed by atoms with Crippen LogP contribution in [0.15, 0.2) is 24.5 Å². The highest BCUT2D eigenvalue weighted by atomic mass is 19.1. The summed E-state index contributed by atoms with van der Waals surface area (Å²) in [5.41, 5.74) is 3.00. The number of ether oxygens (including phenoxy) is 2. The first-order valence-electron chi connectivity index (χ1n) is 12.2. The molecule has 36 heavy (non-hydrogen) atoms. The van der Waals surface area contributed by atoms with Gasteiger partial charge >= 0.3 is 0 Å². The first-order valence-corrected chi connectivity index (χ1v) is 12.2. The third kappa shape index (κ3) is 4.77. The number of nitrogens with zero attached hydrogens (tertiary/aromatic N) is 3. The molecule has 2 atom stereocenters. The van der Waals surface area contributed by atoms with Gasteiger partial charge < -0.3 is 24.7 Å². The van der Waals surface area contributed by atoms with E-state index >= 15 is 0 Å². The van der Waals surface area contributed by atoms with Gasteiger partial charge in [-0.15, -0.1) is 0 Å². The lowest BCUT2D eigenvalue weighted by atomic mass is 10.1. The van der Waals surface area contributed by atoms with Crippen LogP contribution in [-0.2, 0) is 9.53 Å². The molecule has 5 rings (SSSR count). The number of H-pyrrole nitrogens is 1. The number of likely N-dealkylation sites (tertiary alicyclic amines) is 1. The number of carbonyl (C=O) groups excluding carboxylic acids is 2. The summed E-state index contributed by atoms with van der Waals surface area (Å²) < 4.78 is 25.2. The second-order valence-electron chi connectivity index (χ2n) is 9.70. The van der Waals surface area contributed by atoms with E-state index in [-0.39, 0.29) is 30.5 Å². The first-order chi connectivity index (χ1) is 17.4. The molecule has 1 aliphatic heterocycles. The molecule has 2 fully saturated rings. The Balaban J connectivity index is 1.42. The molecule has 10 heteroatoms. The third-order valence-electron chi connectivity index (χ3n) is 6.86. The van der Waals surface area contributed by atoms with E-state index in [9.17, 15) is 14.0 Å². The van der Waals surface area contributed by atoms with Crippen LogP contribution in [0.1, 0.15) is 42.2 Å². The Kier molecular flexibility index (Phi) is 6.61. The molecule has 9 nitrogen and oxygen atoms in total. The van der Waals surface area contributed by atoms with Crippen molar-refractivity contribution < 1.29 is 23.5 Å². The van der Waals surface area contributed by atoms with Gasteiger partial charge in [0.15, 0.2) is 0 Å². The van der Waals surface area contributed by atoms with Crippen LogP contribution >= 0.6 is 0 Å². The zero-order valence-corrected chi connectivity index (χ0v) is 20.6. The number of hydrogen-bond acceptors (Lipinski definition) is 6. The third-order valence-corrected chi connectivity index (χ3v) is 6.86. The number of amides is 2. The minimum atomic E-state index is -0.403. The molecule has 2 aromatic heterocycles. The van der Waals surface area contributed by atoms with Gasteiger partial charge in [-0.3, -0.25) is 9.59 Å². The molecule has 2 amide bonds. The van der Waals surface area contributed by atoms with E-state index < -0.39 is 5.82 Å². The fourth-order valence-corrected chi connectivity index (χ4v) is 4.86. The van der Waals surface area contributed by atoms with Gasteiger partial charge in [0.1, 0.15) is 35.7 Å². The monoisotopic (exact) mass is 495 g/mol. The zero-order chi connectivity index (χ0) is 25.4. The number of rotatable bonds is 8. The minimum Gasteiger partial charge on any atom is -0.493 e. The van der Waals surface area contributed by atoms with Crippen molar-refractivity contribution in [3.63, 3.8) is 0 Å². The molecule has 3 aromatic rings. The number of aryl methyl sites for hydroxylation is 1. The molecule has 0 radical (unpaired) electrons. The Bertz CT molecular complexity index is 1300. The summed E-state index contributed by atoms with van der Waals surface area (Å²) in [6, 6.07) is 4.18. The molecule has 0 bridgehead atoms. The molecule has 0 spiro atoms. The molecular formula is C26H30FN5O4. The number of aromatic nitrogens is 3. The smallest absolute Gasteiger partial charge is 0.255 e. The van der Waals surface area contributed by atoms with Gasteiger partial charge in [0, 0.05) is 37.0 Å². The van der Waals surface area contributed by atoms with E-state index in [1.807, 2.05) is 6.92 Å². The van der Waals surface area contributed by atoms with Crippen LogP contribution < -0.4 is 10.1 Å². The van der Waals surface area contributed by atoms with Crippen molar-refractivity contribution in [1.82, 2.24) is 25.2 Å². The van der Waals surface area contributed by atoms with E-state index in [1.54, 1.807) is 17.9 Å². The highest BCUT2D eigenvalue weighted by Crippen LogP contribution is 2.36. The molecule has 190 valence electrons. The Morgan fingerprint density at radius 1 is 1.28 bits per heavy atom. The van der Waals surface area contributed by atoms with Crippen molar-refractivity contribution in [3.8, 4) is 17.0 Å². The van der Waals surface area contributed by atoms with E-state index in [1.165, 1.54) is 25.6 Å². The van der Waals surface area contributed by atoms with Gasteiger partial charge in [0.2, 0.25) is 5.91 Å².